The van der Waals surface area contributed by atoms with Crippen LogP contribution in [0.5, 0.6) is 0 Å². The molecule has 1 amide bonds. The van der Waals surface area contributed by atoms with Crippen LogP contribution < -0.4 is 5.32 Å². The van der Waals surface area contributed by atoms with Crippen molar-refractivity contribution in [1.29, 1.82) is 0 Å². The van der Waals surface area contributed by atoms with Gasteiger partial charge in [0, 0.05) is 6.42 Å². The second kappa shape index (κ2) is 5.58. The predicted molar refractivity (Wildman–Crippen MR) is 71.6 cm³/mol. The summed E-state index contributed by atoms with van der Waals surface area (Å²) in [5.74, 6) is 0.579. The van der Waals surface area contributed by atoms with Crippen molar-refractivity contribution in [3.63, 3.8) is 0 Å². The van der Waals surface area contributed by atoms with Crippen molar-refractivity contribution in [3.8, 4) is 0 Å². The highest BCUT2D eigenvalue weighted by Crippen LogP contribution is 2.31. The molecule has 1 aromatic rings. The standard InChI is InChI=1S/C12H19N3OS/c1-9-11(14-12(16)6-7-17)8-13-15(9)10-4-2-3-5-10/h8,10,17H,2-7H2,1H3,(H,14,16). The van der Waals surface area contributed by atoms with E-state index in [-0.39, 0.29) is 5.91 Å². The van der Waals surface area contributed by atoms with Crippen LogP contribution in [0.1, 0.15) is 43.8 Å². The molecule has 1 aliphatic carbocycles. The monoisotopic (exact) mass is 253 g/mol. The zero-order valence-corrected chi connectivity index (χ0v) is 11.0. The van der Waals surface area contributed by atoms with E-state index in [2.05, 4.69) is 27.7 Å². The van der Waals surface area contributed by atoms with Crippen molar-refractivity contribution in [2.75, 3.05) is 11.1 Å². The number of nitrogens with one attached hydrogen (secondary N) is 1. The maximum Gasteiger partial charge on any atom is 0.225 e. The third kappa shape index (κ3) is 2.83. The lowest BCUT2D eigenvalue weighted by molar-refractivity contribution is -0.115. The number of anilines is 1. The number of aromatic nitrogens is 2. The predicted octanol–water partition coefficient (Wildman–Crippen LogP) is 2.57. The third-order valence-corrected chi connectivity index (χ3v) is 3.55. The molecule has 0 aliphatic heterocycles. The third-order valence-electron chi connectivity index (χ3n) is 3.33. The number of thiol groups is 1. The van der Waals surface area contributed by atoms with E-state index >= 15 is 0 Å². The SMILES string of the molecule is Cc1c(NC(=O)CCS)cnn1C1CCCC1. The maximum absolute atomic E-state index is 11.5. The summed E-state index contributed by atoms with van der Waals surface area (Å²) >= 11 is 4.05. The Kier molecular flexibility index (Phi) is 4.10. The van der Waals surface area contributed by atoms with Gasteiger partial charge in [-0.1, -0.05) is 12.8 Å². The molecule has 1 fully saturated rings. The number of rotatable bonds is 4. The van der Waals surface area contributed by atoms with Gasteiger partial charge in [-0.25, -0.2) is 0 Å². The van der Waals surface area contributed by atoms with Gasteiger partial charge in [-0.05, 0) is 25.5 Å². The normalized spacial score (nSPS) is 16.4. The van der Waals surface area contributed by atoms with E-state index in [0.717, 1.165) is 11.4 Å². The summed E-state index contributed by atoms with van der Waals surface area (Å²) in [6.07, 6.45) is 7.16. The van der Waals surface area contributed by atoms with Gasteiger partial charge in [-0.15, -0.1) is 0 Å². The lowest BCUT2D eigenvalue weighted by Crippen LogP contribution is -2.13. The van der Waals surface area contributed by atoms with Gasteiger partial charge >= 0.3 is 0 Å². The summed E-state index contributed by atoms with van der Waals surface area (Å²) in [7, 11) is 0. The number of hydrogen-bond acceptors (Lipinski definition) is 3. The lowest BCUT2D eigenvalue weighted by atomic mass is 10.2. The summed E-state index contributed by atoms with van der Waals surface area (Å²) in [5.41, 5.74) is 1.90. The average molecular weight is 253 g/mol. The summed E-state index contributed by atoms with van der Waals surface area (Å²) in [5, 5.41) is 7.28. The molecule has 5 heteroatoms. The summed E-state index contributed by atoms with van der Waals surface area (Å²) < 4.78 is 2.06. The van der Waals surface area contributed by atoms with Crippen LogP contribution in [0.2, 0.25) is 0 Å². The molecule has 0 bridgehead atoms. The second-order valence-corrected chi connectivity index (χ2v) is 5.00. The summed E-state index contributed by atoms with van der Waals surface area (Å²) in [6.45, 7) is 2.02. The van der Waals surface area contributed by atoms with Crippen molar-refractivity contribution in [1.82, 2.24) is 9.78 Å². The zero-order chi connectivity index (χ0) is 12.3. The highest BCUT2D eigenvalue weighted by Gasteiger charge is 2.20. The molecule has 0 unspecified atom stereocenters. The van der Waals surface area contributed by atoms with E-state index in [9.17, 15) is 4.79 Å². The Morgan fingerprint density at radius 2 is 2.29 bits per heavy atom. The minimum atomic E-state index is 0.00840. The van der Waals surface area contributed by atoms with E-state index in [0.29, 0.717) is 18.2 Å². The van der Waals surface area contributed by atoms with Crippen LogP contribution in [0.25, 0.3) is 0 Å². The summed E-state index contributed by atoms with van der Waals surface area (Å²) in [6, 6.07) is 0.519. The largest absolute Gasteiger partial charge is 0.323 e. The molecule has 4 nitrogen and oxygen atoms in total. The fourth-order valence-corrected chi connectivity index (χ4v) is 2.58. The van der Waals surface area contributed by atoms with E-state index in [4.69, 9.17) is 0 Å². The molecule has 1 heterocycles. The first-order valence-corrected chi connectivity index (χ1v) is 6.80. The number of hydrogen-bond donors (Lipinski definition) is 2. The van der Waals surface area contributed by atoms with Crippen LogP contribution in [0.4, 0.5) is 5.69 Å². The molecular formula is C12H19N3OS. The van der Waals surface area contributed by atoms with Crippen LogP contribution in [-0.4, -0.2) is 21.4 Å². The molecule has 0 radical (unpaired) electrons. The summed E-state index contributed by atoms with van der Waals surface area (Å²) in [4.78, 5) is 11.5. The Balaban J connectivity index is 2.06. The first kappa shape index (κ1) is 12.5. The van der Waals surface area contributed by atoms with Gasteiger partial charge in [0.1, 0.15) is 0 Å². The van der Waals surface area contributed by atoms with Crippen LogP contribution in [0.3, 0.4) is 0 Å². The molecule has 0 aromatic carbocycles. The van der Waals surface area contributed by atoms with Crippen molar-refractivity contribution in [2.24, 2.45) is 0 Å². The minimum absolute atomic E-state index is 0.00840. The van der Waals surface area contributed by atoms with Gasteiger partial charge in [0.15, 0.2) is 0 Å². The number of nitrogens with zero attached hydrogens (tertiary/aromatic N) is 2. The molecule has 17 heavy (non-hydrogen) atoms. The Morgan fingerprint density at radius 1 is 1.59 bits per heavy atom. The molecule has 0 spiro atoms. The minimum Gasteiger partial charge on any atom is -0.323 e. The Labute approximate surface area is 107 Å². The van der Waals surface area contributed by atoms with Crippen molar-refractivity contribution in [2.45, 2.75) is 45.1 Å². The molecule has 0 atom stereocenters. The molecule has 1 saturated carbocycles. The van der Waals surface area contributed by atoms with Crippen LogP contribution in [-0.2, 0) is 4.79 Å². The topological polar surface area (TPSA) is 46.9 Å². The number of carbonyl (C=O) groups is 1. The first-order chi connectivity index (χ1) is 8.22. The van der Waals surface area contributed by atoms with Crippen molar-refractivity contribution in [3.05, 3.63) is 11.9 Å². The highest BCUT2D eigenvalue weighted by atomic mass is 32.1. The van der Waals surface area contributed by atoms with E-state index < -0.39 is 0 Å². The molecule has 1 aromatic heterocycles. The first-order valence-electron chi connectivity index (χ1n) is 6.17. The molecular weight excluding hydrogens is 234 g/mol. The quantitative estimate of drug-likeness (QED) is 0.810. The van der Waals surface area contributed by atoms with Crippen molar-refractivity contribution < 1.29 is 4.79 Å². The molecule has 1 aliphatic rings. The molecule has 1 N–H and O–H groups in total. The zero-order valence-electron chi connectivity index (χ0n) is 10.1. The second-order valence-electron chi connectivity index (χ2n) is 4.55. The highest BCUT2D eigenvalue weighted by molar-refractivity contribution is 7.80. The lowest BCUT2D eigenvalue weighted by Gasteiger charge is -2.12. The Hall–Kier alpha value is -0.970. The van der Waals surface area contributed by atoms with Gasteiger partial charge in [0.05, 0.1) is 23.6 Å². The van der Waals surface area contributed by atoms with E-state index in [1.165, 1.54) is 25.7 Å². The molecule has 2 rings (SSSR count). The van der Waals surface area contributed by atoms with Crippen LogP contribution >= 0.6 is 12.6 Å². The van der Waals surface area contributed by atoms with Gasteiger partial charge in [-0.3, -0.25) is 9.48 Å². The Bertz CT molecular complexity index is 396. The molecule has 0 saturated heterocycles. The maximum atomic E-state index is 11.5. The van der Waals surface area contributed by atoms with E-state index in [1.54, 1.807) is 6.20 Å². The fraction of sp³-hybridized carbons (Fsp3) is 0.667. The van der Waals surface area contributed by atoms with Crippen molar-refractivity contribution >= 4 is 24.2 Å². The van der Waals surface area contributed by atoms with Gasteiger partial charge < -0.3 is 5.32 Å². The van der Waals surface area contributed by atoms with E-state index in [1.807, 2.05) is 6.92 Å². The molecule has 94 valence electrons. The Morgan fingerprint density at radius 3 is 2.94 bits per heavy atom. The van der Waals surface area contributed by atoms with Gasteiger partial charge in [0.25, 0.3) is 0 Å². The van der Waals surface area contributed by atoms with Gasteiger partial charge in [-0.2, -0.15) is 17.7 Å². The smallest absolute Gasteiger partial charge is 0.225 e. The number of amides is 1. The fourth-order valence-electron chi connectivity index (χ4n) is 2.38. The van der Waals surface area contributed by atoms with Crippen LogP contribution in [0, 0.1) is 6.92 Å². The average Bonchev–Trinajstić information content (AvgIpc) is 2.90. The van der Waals surface area contributed by atoms with Crippen LogP contribution in [0.15, 0.2) is 6.20 Å². The van der Waals surface area contributed by atoms with Gasteiger partial charge in [0.2, 0.25) is 5.91 Å². The number of carbonyl (C=O) groups excluding carboxylic acids is 1.